The van der Waals surface area contributed by atoms with Crippen molar-refractivity contribution in [2.24, 2.45) is 0 Å². The van der Waals surface area contributed by atoms with Gasteiger partial charge >= 0.3 is 0 Å². The van der Waals surface area contributed by atoms with Gasteiger partial charge in [-0.25, -0.2) is 9.97 Å². The second kappa shape index (κ2) is 10.4. The molecule has 0 saturated carbocycles. The highest BCUT2D eigenvalue weighted by molar-refractivity contribution is 7.08. The number of hydrogen-bond acceptors (Lipinski definition) is 5. The van der Waals surface area contributed by atoms with Gasteiger partial charge in [-0.3, -0.25) is 10.1 Å². The fourth-order valence-electron chi connectivity index (χ4n) is 4.60. The molecule has 6 nitrogen and oxygen atoms in total. The summed E-state index contributed by atoms with van der Waals surface area (Å²) in [5.74, 6) is 0.707. The van der Waals surface area contributed by atoms with E-state index in [-0.39, 0.29) is 0 Å². The zero-order valence-corrected chi connectivity index (χ0v) is 21.8. The van der Waals surface area contributed by atoms with Crippen molar-refractivity contribution in [1.82, 2.24) is 30.1 Å². The number of aromatic amines is 2. The third kappa shape index (κ3) is 4.60. The molecule has 5 heterocycles. The Balaban J connectivity index is 1.35. The van der Waals surface area contributed by atoms with Crippen LogP contribution in [0.15, 0.2) is 102 Å². The van der Waals surface area contributed by atoms with Crippen LogP contribution in [0.25, 0.3) is 50.4 Å². The van der Waals surface area contributed by atoms with Crippen LogP contribution < -0.4 is 0 Å². The SMILES string of the molecule is C=C/C(=C\C(=C/C)c1cnc2n[nH]c(-c3nc4c(-c5ccsc5)nccc4[nH]3)c2c1)CCc1ccccc1. The van der Waals surface area contributed by atoms with Crippen molar-refractivity contribution in [3.05, 3.63) is 113 Å². The van der Waals surface area contributed by atoms with Gasteiger partial charge in [0.1, 0.15) is 11.2 Å². The Labute approximate surface area is 224 Å². The smallest absolute Gasteiger partial charge is 0.181 e. The third-order valence-corrected chi connectivity index (χ3v) is 7.32. The number of rotatable bonds is 8. The average Bonchev–Trinajstić information content (AvgIpc) is 3.73. The van der Waals surface area contributed by atoms with E-state index in [1.807, 2.05) is 42.9 Å². The molecule has 0 atom stereocenters. The van der Waals surface area contributed by atoms with E-state index >= 15 is 0 Å². The summed E-state index contributed by atoms with van der Waals surface area (Å²) in [5, 5.41) is 12.6. The highest BCUT2D eigenvalue weighted by Crippen LogP contribution is 2.32. The first-order valence-corrected chi connectivity index (χ1v) is 13.4. The molecule has 0 aliphatic heterocycles. The van der Waals surface area contributed by atoms with Gasteiger partial charge < -0.3 is 4.98 Å². The van der Waals surface area contributed by atoms with Gasteiger partial charge in [-0.15, -0.1) is 0 Å². The molecular formula is C31H26N6S. The second-order valence-electron chi connectivity index (χ2n) is 9.00. The number of imidazole rings is 1. The number of allylic oxidation sites excluding steroid dienone is 5. The predicted molar refractivity (Wildman–Crippen MR) is 157 cm³/mol. The van der Waals surface area contributed by atoms with Crippen molar-refractivity contribution in [2.45, 2.75) is 19.8 Å². The lowest BCUT2D eigenvalue weighted by Crippen LogP contribution is -1.90. The van der Waals surface area contributed by atoms with E-state index in [0.29, 0.717) is 11.5 Å². The molecule has 7 heteroatoms. The lowest BCUT2D eigenvalue weighted by Gasteiger charge is -2.07. The Kier molecular flexibility index (Phi) is 6.50. The molecule has 0 aliphatic carbocycles. The molecule has 6 aromatic rings. The number of nitrogens with one attached hydrogen (secondary N) is 2. The molecule has 0 spiro atoms. The zero-order chi connectivity index (χ0) is 25.9. The number of thiophene rings is 1. The van der Waals surface area contributed by atoms with Crippen LogP contribution in [-0.2, 0) is 6.42 Å². The summed E-state index contributed by atoms with van der Waals surface area (Å²) < 4.78 is 0. The molecule has 0 amide bonds. The summed E-state index contributed by atoms with van der Waals surface area (Å²) >= 11 is 1.64. The predicted octanol–water partition coefficient (Wildman–Crippen LogP) is 7.77. The van der Waals surface area contributed by atoms with E-state index in [9.17, 15) is 0 Å². The summed E-state index contributed by atoms with van der Waals surface area (Å²) in [6.45, 7) is 6.10. The minimum absolute atomic E-state index is 0.646. The van der Waals surface area contributed by atoms with E-state index in [0.717, 1.165) is 57.3 Å². The minimum atomic E-state index is 0.646. The molecule has 0 bridgehead atoms. The molecule has 0 unspecified atom stereocenters. The number of pyridine rings is 2. The molecule has 0 radical (unpaired) electrons. The molecule has 5 aromatic heterocycles. The Hall–Kier alpha value is -4.62. The van der Waals surface area contributed by atoms with E-state index in [2.05, 4.69) is 85.7 Å². The fourth-order valence-corrected chi connectivity index (χ4v) is 5.24. The summed E-state index contributed by atoms with van der Waals surface area (Å²) in [6.07, 6.45) is 11.8. The molecule has 186 valence electrons. The molecule has 38 heavy (non-hydrogen) atoms. The first kappa shape index (κ1) is 23.8. The van der Waals surface area contributed by atoms with Crippen molar-refractivity contribution < 1.29 is 0 Å². The monoisotopic (exact) mass is 514 g/mol. The van der Waals surface area contributed by atoms with Gasteiger partial charge in [-0.1, -0.05) is 55.1 Å². The van der Waals surface area contributed by atoms with Gasteiger partial charge in [0.15, 0.2) is 11.5 Å². The average molecular weight is 515 g/mol. The summed E-state index contributed by atoms with van der Waals surface area (Å²) in [5.41, 5.74) is 9.73. The van der Waals surface area contributed by atoms with Crippen molar-refractivity contribution in [2.75, 3.05) is 0 Å². The number of benzene rings is 1. The van der Waals surface area contributed by atoms with Gasteiger partial charge in [-0.2, -0.15) is 16.4 Å². The Bertz CT molecular complexity index is 1790. The molecule has 0 fully saturated rings. The van der Waals surface area contributed by atoms with Crippen LogP contribution in [0.4, 0.5) is 0 Å². The Morgan fingerprint density at radius 3 is 2.79 bits per heavy atom. The molecule has 6 rings (SSSR count). The maximum absolute atomic E-state index is 4.92. The van der Waals surface area contributed by atoms with Crippen LogP contribution in [0, 0.1) is 0 Å². The number of H-pyrrole nitrogens is 2. The van der Waals surface area contributed by atoms with Gasteiger partial charge in [-0.05, 0) is 60.1 Å². The molecule has 0 saturated heterocycles. The van der Waals surface area contributed by atoms with Crippen LogP contribution in [0.3, 0.4) is 0 Å². The third-order valence-electron chi connectivity index (χ3n) is 6.63. The quantitative estimate of drug-likeness (QED) is 0.203. The molecule has 0 aliphatic rings. The lowest BCUT2D eigenvalue weighted by atomic mass is 9.99. The topological polar surface area (TPSA) is 83.1 Å². The highest BCUT2D eigenvalue weighted by atomic mass is 32.1. The van der Waals surface area contributed by atoms with Crippen LogP contribution in [0.2, 0.25) is 0 Å². The van der Waals surface area contributed by atoms with E-state index in [1.165, 1.54) is 11.1 Å². The van der Waals surface area contributed by atoms with E-state index in [1.54, 1.807) is 11.3 Å². The maximum Gasteiger partial charge on any atom is 0.181 e. The number of nitrogens with zero attached hydrogens (tertiary/aromatic N) is 4. The van der Waals surface area contributed by atoms with Gasteiger partial charge in [0.05, 0.1) is 16.6 Å². The van der Waals surface area contributed by atoms with Crippen LogP contribution in [0.5, 0.6) is 0 Å². The van der Waals surface area contributed by atoms with Crippen LogP contribution in [-0.4, -0.2) is 30.1 Å². The fraction of sp³-hybridized carbons (Fsp3) is 0.0968. The summed E-state index contributed by atoms with van der Waals surface area (Å²) in [7, 11) is 0. The molecule has 1 aromatic carbocycles. The zero-order valence-electron chi connectivity index (χ0n) is 21.0. The largest absolute Gasteiger partial charge is 0.337 e. The second-order valence-corrected chi connectivity index (χ2v) is 9.78. The number of hydrogen-bond donors (Lipinski definition) is 2. The first-order chi connectivity index (χ1) is 18.7. The highest BCUT2D eigenvalue weighted by Gasteiger charge is 2.17. The number of aryl methyl sites for hydroxylation is 1. The maximum atomic E-state index is 4.92. The normalized spacial score (nSPS) is 12.4. The number of fused-ring (bicyclic) bond motifs is 2. The van der Waals surface area contributed by atoms with Crippen molar-refractivity contribution >= 4 is 39.0 Å². The standard InChI is InChI=1S/C31H26N6S/c1-3-20(10-11-21-8-6-5-7-9-21)16-22(4-2)24-17-25-28(36-37-30(25)33-18-24)31-34-26-12-14-32-27(29(26)35-31)23-13-15-38-19-23/h3-9,12-19H,1,10-11H2,2H3,(H,34,35)(H,33,36,37)/b20-16+,22-4+. The number of aromatic nitrogens is 6. The molecular weight excluding hydrogens is 488 g/mol. The van der Waals surface area contributed by atoms with Gasteiger partial charge in [0, 0.05) is 28.9 Å². The first-order valence-electron chi connectivity index (χ1n) is 12.5. The Morgan fingerprint density at radius 1 is 1.11 bits per heavy atom. The summed E-state index contributed by atoms with van der Waals surface area (Å²) in [6, 6.07) is 16.6. The molecule has 2 N–H and O–H groups in total. The van der Waals surface area contributed by atoms with E-state index in [4.69, 9.17) is 4.98 Å². The lowest BCUT2D eigenvalue weighted by molar-refractivity contribution is 0.966. The van der Waals surface area contributed by atoms with Crippen LogP contribution >= 0.6 is 11.3 Å². The van der Waals surface area contributed by atoms with E-state index < -0.39 is 0 Å². The van der Waals surface area contributed by atoms with Crippen molar-refractivity contribution in [3.63, 3.8) is 0 Å². The van der Waals surface area contributed by atoms with Crippen molar-refractivity contribution in [1.29, 1.82) is 0 Å². The minimum Gasteiger partial charge on any atom is -0.337 e. The van der Waals surface area contributed by atoms with Crippen molar-refractivity contribution in [3.8, 4) is 22.8 Å². The summed E-state index contributed by atoms with van der Waals surface area (Å²) in [4.78, 5) is 17.6. The van der Waals surface area contributed by atoms with Crippen LogP contribution in [0.1, 0.15) is 24.5 Å². The van der Waals surface area contributed by atoms with Gasteiger partial charge in [0.25, 0.3) is 0 Å². The van der Waals surface area contributed by atoms with Gasteiger partial charge in [0.2, 0.25) is 0 Å². The Morgan fingerprint density at radius 2 is 2.00 bits per heavy atom.